The first-order valence-electron chi connectivity index (χ1n) is 6.88. The monoisotopic (exact) mass is 311 g/mol. The highest BCUT2D eigenvalue weighted by Crippen LogP contribution is 2.14. The second kappa shape index (κ2) is 6.69. The molecule has 0 radical (unpaired) electrons. The summed E-state index contributed by atoms with van der Waals surface area (Å²) in [6.07, 6.45) is 4.60. The van der Waals surface area contributed by atoms with E-state index in [1.807, 2.05) is 6.07 Å². The molecule has 1 aromatic carbocycles. The van der Waals surface area contributed by atoms with Crippen LogP contribution in [-0.4, -0.2) is 28.5 Å². The molecule has 0 aliphatic rings. The lowest BCUT2D eigenvalue weighted by atomic mass is 10.2. The number of benzene rings is 1. The molecule has 2 heterocycles. The minimum atomic E-state index is -0.591. The van der Waals surface area contributed by atoms with Gasteiger partial charge >= 0.3 is 5.97 Å². The molecule has 0 spiro atoms. The van der Waals surface area contributed by atoms with E-state index >= 15 is 0 Å². The Hall–Kier alpha value is -3.22. The van der Waals surface area contributed by atoms with Crippen LogP contribution in [0.1, 0.15) is 15.9 Å². The van der Waals surface area contributed by atoms with Crippen LogP contribution < -0.4 is 5.32 Å². The highest BCUT2D eigenvalue weighted by atomic mass is 16.5. The number of ether oxygens (including phenoxy) is 1. The SMILES string of the molecule is O=C(COC(=O)c1ccc2ocnc2c1)NCc1cccnc1. The predicted octanol–water partition coefficient (Wildman–Crippen LogP) is 1.70. The Kier molecular flexibility index (Phi) is 4.28. The van der Waals surface area contributed by atoms with Crippen molar-refractivity contribution in [3.8, 4) is 0 Å². The number of carbonyl (C=O) groups excluding carboxylic acids is 2. The van der Waals surface area contributed by atoms with E-state index in [0.717, 1.165) is 5.56 Å². The third-order valence-electron chi connectivity index (χ3n) is 3.11. The molecular formula is C16H13N3O4. The van der Waals surface area contributed by atoms with Gasteiger partial charge in [0.15, 0.2) is 18.6 Å². The Morgan fingerprint density at radius 1 is 1.26 bits per heavy atom. The summed E-state index contributed by atoms with van der Waals surface area (Å²) in [5.41, 5.74) is 2.31. The lowest BCUT2D eigenvalue weighted by molar-refractivity contribution is -0.124. The second-order valence-electron chi connectivity index (χ2n) is 4.75. The largest absolute Gasteiger partial charge is 0.452 e. The van der Waals surface area contributed by atoms with E-state index in [1.54, 1.807) is 36.7 Å². The molecule has 0 atom stereocenters. The molecule has 0 aliphatic carbocycles. The van der Waals surface area contributed by atoms with Crippen molar-refractivity contribution in [2.45, 2.75) is 6.54 Å². The molecule has 0 fully saturated rings. The Labute approximate surface area is 131 Å². The summed E-state index contributed by atoms with van der Waals surface area (Å²) in [7, 11) is 0. The number of nitrogens with zero attached hydrogens (tertiary/aromatic N) is 2. The van der Waals surface area contributed by atoms with Gasteiger partial charge in [-0.05, 0) is 29.8 Å². The molecule has 0 bridgehead atoms. The van der Waals surface area contributed by atoms with Crippen LogP contribution in [0.15, 0.2) is 53.5 Å². The van der Waals surface area contributed by atoms with Crippen LogP contribution in [-0.2, 0) is 16.1 Å². The first-order chi connectivity index (χ1) is 11.2. The Morgan fingerprint density at radius 2 is 2.17 bits per heavy atom. The maximum atomic E-state index is 11.9. The summed E-state index contributed by atoms with van der Waals surface area (Å²) in [6, 6.07) is 8.35. The van der Waals surface area contributed by atoms with Gasteiger partial charge in [0.2, 0.25) is 0 Å². The number of amides is 1. The van der Waals surface area contributed by atoms with E-state index in [-0.39, 0.29) is 12.5 Å². The number of aromatic nitrogens is 2. The van der Waals surface area contributed by atoms with Crippen molar-refractivity contribution in [3.05, 3.63) is 60.2 Å². The number of hydrogen-bond acceptors (Lipinski definition) is 6. The lowest BCUT2D eigenvalue weighted by Crippen LogP contribution is -2.28. The summed E-state index contributed by atoms with van der Waals surface area (Å²) in [5.74, 6) is -0.976. The van der Waals surface area contributed by atoms with Crippen LogP contribution in [0.4, 0.5) is 0 Å². The number of rotatable bonds is 5. The number of nitrogens with one attached hydrogen (secondary N) is 1. The molecule has 1 N–H and O–H groups in total. The van der Waals surface area contributed by atoms with Crippen LogP contribution in [0.5, 0.6) is 0 Å². The predicted molar refractivity (Wildman–Crippen MR) is 80.4 cm³/mol. The van der Waals surface area contributed by atoms with Gasteiger partial charge < -0.3 is 14.5 Å². The number of fused-ring (bicyclic) bond motifs is 1. The smallest absolute Gasteiger partial charge is 0.338 e. The fourth-order valence-electron chi connectivity index (χ4n) is 1.95. The van der Waals surface area contributed by atoms with Crippen molar-refractivity contribution in [2.24, 2.45) is 0 Å². The van der Waals surface area contributed by atoms with Crippen molar-refractivity contribution >= 4 is 23.0 Å². The summed E-state index contributed by atoms with van der Waals surface area (Å²) in [4.78, 5) is 31.5. The standard InChI is InChI=1S/C16H13N3O4/c20-15(18-8-11-2-1-5-17-7-11)9-22-16(21)12-3-4-14-13(6-12)19-10-23-14/h1-7,10H,8-9H2,(H,18,20). The van der Waals surface area contributed by atoms with Gasteiger partial charge in [-0.1, -0.05) is 6.07 Å². The zero-order valence-corrected chi connectivity index (χ0v) is 12.1. The highest BCUT2D eigenvalue weighted by Gasteiger charge is 2.12. The van der Waals surface area contributed by atoms with Gasteiger partial charge in [-0.15, -0.1) is 0 Å². The molecule has 0 aliphatic heterocycles. The maximum Gasteiger partial charge on any atom is 0.338 e. The van der Waals surface area contributed by atoms with Gasteiger partial charge in [-0.3, -0.25) is 9.78 Å². The third kappa shape index (κ3) is 3.70. The number of pyridine rings is 1. The first kappa shape index (κ1) is 14.7. The van der Waals surface area contributed by atoms with E-state index in [4.69, 9.17) is 9.15 Å². The molecule has 23 heavy (non-hydrogen) atoms. The van der Waals surface area contributed by atoms with Gasteiger partial charge in [0.1, 0.15) is 5.52 Å². The Balaban J connectivity index is 1.51. The molecule has 3 aromatic rings. The van der Waals surface area contributed by atoms with Crippen LogP contribution >= 0.6 is 0 Å². The van der Waals surface area contributed by atoms with Gasteiger partial charge in [0, 0.05) is 18.9 Å². The van der Waals surface area contributed by atoms with Crippen LogP contribution in [0, 0.1) is 0 Å². The van der Waals surface area contributed by atoms with Crippen molar-refractivity contribution in [1.82, 2.24) is 15.3 Å². The first-order valence-corrected chi connectivity index (χ1v) is 6.88. The zero-order valence-electron chi connectivity index (χ0n) is 12.1. The quantitative estimate of drug-likeness (QED) is 0.721. The average molecular weight is 311 g/mol. The fourth-order valence-corrected chi connectivity index (χ4v) is 1.95. The third-order valence-corrected chi connectivity index (χ3v) is 3.11. The fraction of sp³-hybridized carbons (Fsp3) is 0.125. The molecule has 3 rings (SSSR count). The van der Waals surface area contributed by atoms with Crippen molar-refractivity contribution < 1.29 is 18.7 Å². The van der Waals surface area contributed by atoms with Gasteiger partial charge in [0.05, 0.1) is 5.56 Å². The number of carbonyl (C=O) groups is 2. The lowest BCUT2D eigenvalue weighted by Gasteiger charge is -2.06. The van der Waals surface area contributed by atoms with Crippen LogP contribution in [0.3, 0.4) is 0 Å². The minimum absolute atomic E-state index is 0.312. The molecule has 0 saturated heterocycles. The van der Waals surface area contributed by atoms with Gasteiger partial charge in [-0.25, -0.2) is 9.78 Å². The molecule has 0 unspecified atom stereocenters. The molecule has 116 valence electrons. The Bertz CT molecular complexity index is 829. The zero-order chi connectivity index (χ0) is 16.1. The van der Waals surface area contributed by atoms with E-state index in [0.29, 0.717) is 23.2 Å². The number of hydrogen-bond donors (Lipinski definition) is 1. The van der Waals surface area contributed by atoms with Gasteiger partial charge in [0.25, 0.3) is 5.91 Å². The summed E-state index contributed by atoms with van der Waals surface area (Å²) in [6.45, 7) is -0.0227. The second-order valence-corrected chi connectivity index (χ2v) is 4.75. The molecule has 7 nitrogen and oxygen atoms in total. The van der Waals surface area contributed by atoms with Crippen molar-refractivity contribution in [3.63, 3.8) is 0 Å². The minimum Gasteiger partial charge on any atom is -0.452 e. The van der Waals surface area contributed by atoms with Crippen LogP contribution in [0.2, 0.25) is 0 Å². The summed E-state index contributed by atoms with van der Waals surface area (Å²) in [5, 5.41) is 2.65. The van der Waals surface area contributed by atoms with E-state index in [2.05, 4.69) is 15.3 Å². The maximum absolute atomic E-state index is 11.9. The van der Waals surface area contributed by atoms with E-state index in [1.165, 1.54) is 6.39 Å². The summed E-state index contributed by atoms with van der Waals surface area (Å²) < 4.78 is 10.1. The highest BCUT2D eigenvalue weighted by molar-refractivity contribution is 5.94. The van der Waals surface area contributed by atoms with E-state index in [9.17, 15) is 9.59 Å². The van der Waals surface area contributed by atoms with E-state index < -0.39 is 5.97 Å². The molecule has 2 aromatic heterocycles. The Morgan fingerprint density at radius 3 is 3.00 bits per heavy atom. The molecule has 0 saturated carbocycles. The molecule has 7 heteroatoms. The topological polar surface area (TPSA) is 94.3 Å². The van der Waals surface area contributed by atoms with Gasteiger partial charge in [-0.2, -0.15) is 0 Å². The number of esters is 1. The average Bonchev–Trinajstić information content (AvgIpc) is 3.06. The summed E-state index contributed by atoms with van der Waals surface area (Å²) >= 11 is 0. The van der Waals surface area contributed by atoms with Crippen molar-refractivity contribution in [2.75, 3.05) is 6.61 Å². The molecule has 1 amide bonds. The number of oxazole rings is 1. The van der Waals surface area contributed by atoms with Crippen LogP contribution in [0.25, 0.3) is 11.1 Å². The normalized spacial score (nSPS) is 10.4. The molecular weight excluding hydrogens is 298 g/mol. The van der Waals surface area contributed by atoms with Crippen molar-refractivity contribution in [1.29, 1.82) is 0 Å².